The molecule has 6 N–H and O–H groups in total. The van der Waals surface area contributed by atoms with Gasteiger partial charge in [0.25, 0.3) is 5.91 Å². The quantitative estimate of drug-likeness (QED) is 0.512. The van der Waals surface area contributed by atoms with Gasteiger partial charge in [-0.1, -0.05) is 0 Å². The van der Waals surface area contributed by atoms with E-state index >= 15 is 0 Å². The van der Waals surface area contributed by atoms with Gasteiger partial charge < -0.3 is 22.1 Å². The summed E-state index contributed by atoms with van der Waals surface area (Å²) < 4.78 is 22.6. The van der Waals surface area contributed by atoms with Crippen LogP contribution in [0.5, 0.6) is 0 Å². The molecule has 2 rings (SSSR count). The zero-order chi connectivity index (χ0) is 20.2. The van der Waals surface area contributed by atoms with Gasteiger partial charge in [-0.2, -0.15) is 0 Å². The molecule has 0 unspecified atom stereocenters. The van der Waals surface area contributed by atoms with Crippen molar-refractivity contribution in [3.05, 3.63) is 41.3 Å². The summed E-state index contributed by atoms with van der Waals surface area (Å²) in [6.07, 6.45) is 2.57. The first-order chi connectivity index (χ1) is 12.5. The number of aryl methyl sites for hydroxylation is 2. The smallest absolute Gasteiger partial charge is 0.269 e. The third-order valence-corrected chi connectivity index (χ3v) is 4.60. The number of amides is 1. The third kappa shape index (κ3) is 6.50. The fraction of sp³-hybridized carbons (Fsp3) is 0.353. The summed E-state index contributed by atoms with van der Waals surface area (Å²) in [4.78, 5) is 20.1. The molecule has 146 valence electrons. The van der Waals surface area contributed by atoms with Gasteiger partial charge in [-0.3, -0.25) is 4.79 Å². The molecule has 9 nitrogen and oxygen atoms in total. The molecule has 0 saturated carbocycles. The van der Waals surface area contributed by atoms with Gasteiger partial charge in [0.15, 0.2) is 5.69 Å². The van der Waals surface area contributed by atoms with Crippen molar-refractivity contribution in [1.82, 2.24) is 9.97 Å². The number of primary amides is 1. The van der Waals surface area contributed by atoms with E-state index in [0.717, 1.165) is 17.5 Å². The Morgan fingerprint density at radius 3 is 2.56 bits per heavy atom. The highest BCUT2D eigenvalue weighted by molar-refractivity contribution is 7.90. The van der Waals surface area contributed by atoms with Crippen molar-refractivity contribution >= 4 is 32.9 Å². The van der Waals surface area contributed by atoms with E-state index < -0.39 is 21.8 Å². The second-order valence-corrected chi connectivity index (χ2v) is 8.70. The Kier molecular flexibility index (Phi) is 6.34. The predicted octanol–water partition coefficient (Wildman–Crippen LogP) is 0.720. The molecule has 1 amide bonds. The number of nitrogens with two attached hydrogens (primary N) is 2. The van der Waals surface area contributed by atoms with Crippen molar-refractivity contribution in [3.63, 3.8) is 0 Å². The minimum absolute atomic E-state index is 0.0712. The number of pyridine rings is 2. The molecule has 0 saturated heterocycles. The van der Waals surface area contributed by atoms with Crippen LogP contribution in [0.3, 0.4) is 0 Å². The lowest BCUT2D eigenvalue weighted by Gasteiger charge is -2.15. The standard InChI is InChI=1S/C17H24N6O3S/c1-10-4-11(2)22-15(5-10)23-14-6-13(8-21-16(14)17(19)24)20-7-12(18)9-27(3,25)26/h4-6,8,12,20H,7,9,18H2,1-3H3,(H2,19,24)(H,22,23)/t12-/m1/s1. The Morgan fingerprint density at radius 2 is 1.96 bits per heavy atom. The van der Waals surface area contributed by atoms with Crippen LogP contribution in [-0.4, -0.2) is 48.9 Å². The van der Waals surface area contributed by atoms with Gasteiger partial charge in [0.1, 0.15) is 15.7 Å². The van der Waals surface area contributed by atoms with Crippen LogP contribution < -0.4 is 22.1 Å². The average Bonchev–Trinajstić information content (AvgIpc) is 2.50. The number of hydrogen-bond donors (Lipinski definition) is 4. The maximum absolute atomic E-state index is 11.7. The van der Waals surface area contributed by atoms with E-state index in [9.17, 15) is 13.2 Å². The highest BCUT2D eigenvalue weighted by atomic mass is 32.2. The predicted molar refractivity (Wildman–Crippen MR) is 106 cm³/mol. The highest BCUT2D eigenvalue weighted by Gasteiger charge is 2.14. The van der Waals surface area contributed by atoms with Gasteiger partial charge in [0, 0.05) is 24.5 Å². The Bertz CT molecular complexity index is 925. The molecule has 0 radical (unpaired) electrons. The first-order valence-electron chi connectivity index (χ1n) is 8.23. The molecule has 0 aliphatic heterocycles. The molecule has 0 aromatic carbocycles. The summed E-state index contributed by atoms with van der Waals surface area (Å²) in [6, 6.07) is 4.84. The minimum Gasteiger partial charge on any atom is -0.382 e. The number of nitrogens with zero attached hydrogens (tertiary/aromatic N) is 2. The fourth-order valence-electron chi connectivity index (χ4n) is 2.59. The number of sulfone groups is 1. The first-order valence-corrected chi connectivity index (χ1v) is 10.3. The summed E-state index contributed by atoms with van der Waals surface area (Å²) >= 11 is 0. The van der Waals surface area contributed by atoms with Gasteiger partial charge in [0.05, 0.1) is 23.3 Å². The lowest BCUT2D eigenvalue weighted by atomic mass is 10.2. The zero-order valence-corrected chi connectivity index (χ0v) is 16.3. The van der Waals surface area contributed by atoms with Gasteiger partial charge in [-0.05, 0) is 37.6 Å². The molecule has 0 aliphatic carbocycles. The molecular weight excluding hydrogens is 368 g/mol. The zero-order valence-electron chi connectivity index (χ0n) is 15.5. The maximum atomic E-state index is 11.7. The fourth-order valence-corrected chi connectivity index (χ4v) is 3.49. The van der Waals surface area contributed by atoms with E-state index in [2.05, 4.69) is 20.6 Å². The number of anilines is 3. The molecule has 27 heavy (non-hydrogen) atoms. The van der Waals surface area contributed by atoms with E-state index in [0.29, 0.717) is 17.2 Å². The molecule has 0 aliphatic rings. The second kappa shape index (κ2) is 8.31. The number of nitrogens with one attached hydrogen (secondary N) is 2. The molecule has 0 spiro atoms. The average molecular weight is 392 g/mol. The van der Waals surface area contributed by atoms with Gasteiger partial charge in [-0.15, -0.1) is 0 Å². The van der Waals surface area contributed by atoms with Crippen molar-refractivity contribution in [2.45, 2.75) is 19.9 Å². The molecule has 10 heteroatoms. The van der Waals surface area contributed by atoms with E-state index in [1.807, 2.05) is 26.0 Å². The van der Waals surface area contributed by atoms with Crippen LogP contribution in [0, 0.1) is 13.8 Å². The summed E-state index contributed by atoms with van der Waals surface area (Å²) in [6.45, 7) is 4.03. The highest BCUT2D eigenvalue weighted by Crippen LogP contribution is 2.23. The van der Waals surface area contributed by atoms with Crippen molar-refractivity contribution in [2.24, 2.45) is 11.5 Å². The van der Waals surface area contributed by atoms with Crippen LogP contribution in [0.15, 0.2) is 24.4 Å². The molecule has 0 bridgehead atoms. The van der Waals surface area contributed by atoms with Crippen LogP contribution >= 0.6 is 0 Å². The molecule has 1 atom stereocenters. The van der Waals surface area contributed by atoms with E-state index in [1.165, 1.54) is 6.20 Å². The summed E-state index contributed by atoms with van der Waals surface area (Å²) in [7, 11) is -3.17. The van der Waals surface area contributed by atoms with Gasteiger partial charge in [-0.25, -0.2) is 18.4 Å². The van der Waals surface area contributed by atoms with E-state index in [1.54, 1.807) is 6.07 Å². The Morgan fingerprint density at radius 1 is 1.26 bits per heavy atom. The topological polar surface area (TPSA) is 153 Å². The lowest BCUT2D eigenvalue weighted by molar-refractivity contribution is 0.0996. The number of carbonyl (C=O) groups is 1. The normalized spacial score (nSPS) is 12.4. The van der Waals surface area contributed by atoms with Crippen molar-refractivity contribution in [3.8, 4) is 0 Å². The summed E-state index contributed by atoms with van der Waals surface area (Å²) in [5.41, 5.74) is 14.1. The van der Waals surface area contributed by atoms with Gasteiger partial charge >= 0.3 is 0 Å². The van der Waals surface area contributed by atoms with Crippen LogP contribution in [0.25, 0.3) is 0 Å². The summed E-state index contributed by atoms with van der Waals surface area (Å²) in [5, 5.41) is 6.08. The van der Waals surface area contributed by atoms with Crippen LogP contribution in [0.2, 0.25) is 0 Å². The number of hydrogen-bond acceptors (Lipinski definition) is 8. The largest absolute Gasteiger partial charge is 0.382 e. The number of carbonyl (C=O) groups excluding carboxylic acids is 1. The van der Waals surface area contributed by atoms with E-state index in [4.69, 9.17) is 11.5 Å². The number of rotatable bonds is 8. The number of aromatic nitrogens is 2. The third-order valence-electron chi connectivity index (χ3n) is 3.57. The molecule has 2 heterocycles. The molecule has 2 aromatic rings. The molecule has 2 aromatic heterocycles. The van der Waals surface area contributed by atoms with Crippen molar-refractivity contribution < 1.29 is 13.2 Å². The lowest BCUT2D eigenvalue weighted by Crippen LogP contribution is -2.35. The minimum atomic E-state index is -3.17. The van der Waals surface area contributed by atoms with Crippen LogP contribution in [0.4, 0.5) is 17.2 Å². The van der Waals surface area contributed by atoms with E-state index in [-0.39, 0.29) is 18.0 Å². The van der Waals surface area contributed by atoms with Gasteiger partial charge in [0.2, 0.25) is 0 Å². The second-order valence-electron chi connectivity index (χ2n) is 6.51. The maximum Gasteiger partial charge on any atom is 0.269 e. The van der Waals surface area contributed by atoms with Crippen molar-refractivity contribution in [1.29, 1.82) is 0 Å². The van der Waals surface area contributed by atoms with Crippen LogP contribution in [-0.2, 0) is 9.84 Å². The Hall–Kier alpha value is -2.72. The van der Waals surface area contributed by atoms with Crippen LogP contribution in [0.1, 0.15) is 21.7 Å². The Balaban J connectivity index is 2.22. The first kappa shape index (κ1) is 20.6. The van der Waals surface area contributed by atoms with Crippen molar-refractivity contribution in [2.75, 3.05) is 29.2 Å². The summed E-state index contributed by atoms with van der Waals surface area (Å²) in [5.74, 6) is -0.255. The molecule has 0 fully saturated rings. The Labute approximate surface area is 158 Å². The monoisotopic (exact) mass is 392 g/mol. The molecular formula is C17H24N6O3S. The SMILES string of the molecule is Cc1cc(C)nc(Nc2cc(NC[C@@H](N)CS(C)(=O)=O)cnc2C(N)=O)c1.